The number of ether oxygens (including phenoxy) is 1. The third kappa shape index (κ3) is 13.3. The van der Waals surface area contributed by atoms with Gasteiger partial charge in [0.25, 0.3) is 0 Å². The minimum Gasteiger partial charge on any atom is -0.371 e. The van der Waals surface area contributed by atoms with E-state index in [4.69, 9.17) is 4.74 Å². The van der Waals surface area contributed by atoms with Gasteiger partial charge in [0, 0.05) is 18.8 Å². The summed E-state index contributed by atoms with van der Waals surface area (Å²) in [7, 11) is -2.96. The molecule has 6 nitrogen and oxygen atoms in total. The van der Waals surface area contributed by atoms with Crippen molar-refractivity contribution in [3.63, 3.8) is 0 Å². The van der Waals surface area contributed by atoms with Gasteiger partial charge >= 0.3 is 0 Å². The quantitative estimate of drug-likeness (QED) is 0.293. The average molecular weight is 525 g/mol. The number of nitrogens with zero attached hydrogens (tertiary/aromatic N) is 1. The third-order valence-electron chi connectivity index (χ3n) is 3.73. The second-order valence-corrected chi connectivity index (χ2v) is 10.1. The Hall–Kier alpha value is -0.870. The van der Waals surface area contributed by atoms with Crippen LogP contribution in [0, 0.1) is 0 Å². The van der Waals surface area contributed by atoms with Crippen LogP contribution in [0.2, 0.25) is 0 Å². The molecule has 1 rings (SSSR count). The van der Waals surface area contributed by atoms with Gasteiger partial charge in [-0.05, 0) is 52.2 Å². The second kappa shape index (κ2) is 12.6. The number of nitrogens with one attached hydrogen (secondary N) is 2. The van der Waals surface area contributed by atoms with Crippen molar-refractivity contribution < 1.29 is 13.2 Å². The van der Waals surface area contributed by atoms with E-state index >= 15 is 0 Å². The van der Waals surface area contributed by atoms with Gasteiger partial charge in [0.05, 0.1) is 24.5 Å². The maximum Gasteiger partial charge on any atom is 0.191 e. The number of halogens is 1. The van der Waals surface area contributed by atoms with Crippen molar-refractivity contribution >= 4 is 39.8 Å². The Morgan fingerprint density at radius 2 is 1.89 bits per heavy atom. The number of aliphatic imine (C=N–C) groups is 1. The smallest absolute Gasteiger partial charge is 0.191 e. The molecule has 28 heavy (non-hydrogen) atoms. The summed E-state index contributed by atoms with van der Waals surface area (Å²) in [5, 5.41) is 6.48. The minimum atomic E-state index is -2.96. The molecule has 1 aromatic rings. The van der Waals surface area contributed by atoms with Gasteiger partial charge in [0.15, 0.2) is 5.96 Å². The molecule has 0 heterocycles. The first-order valence-corrected chi connectivity index (χ1v) is 11.5. The molecule has 0 fully saturated rings. The molecular weight excluding hydrogens is 489 g/mol. The molecule has 0 aliphatic carbocycles. The lowest BCUT2D eigenvalue weighted by Gasteiger charge is -2.19. The monoisotopic (exact) mass is 525 g/mol. The van der Waals surface area contributed by atoms with Crippen LogP contribution in [0.3, 0.4) is 0 Å². The third-order valence-corrected chi connectivity index (χ3v) is 4.71. The van der Waals surface area contributed by atoms with E-state index in [0.717, 1.165) is 17.7 Å². The Labute approximate surface area is 187 Å². The molecule has 0 saturated carbocycles. The molecule has 1 atom stereocenters. The fourth-order valence-corrected chi connectivity index (χ4v) is 3.09. The number of hydrogen-bond acceptors (Lipinski definition) is 4. The molecule has 8 heteroatoms. The molecule has 0 aliphatic rings. The number of hydrogen-bond donors (Lipinski definition) is 2. The summed E-state index contributed by atoms with van der Waals surface area (Å²) in [4.78, 5) is 4.62. The molecule has 1 aromatic carbocycles. The summed E-state index contributed by atoms with van der Waals surface area (Å²) in [6.45, 7) is 11.9. The Morgan fingerprint density at radius 1 is 1.25 bits per heavy atom. The number of sulfone groups is 1. The van der Waals surface area contributed by atoms with Crippen molar-refractivity contribution in [1.82, 2.24) is 10.6 Å². The Kier molecular flexibility index (Phi) is 12.2. The molecule has 0 bridgehead atoms. The first-order chi connectivity index (χ1) is 12.5. The van der Waals surface area contributed by atoms with Crippen molar-refractivity contribution in [2.45, 2.75) is 65.8 Å². The van der Waals surface area contributed by atoms with E-state index in [1.165, 1.54) is 6.26 Å². The molecule has 0 saturated heterocycles. The van der Waals surface area contributed by atoms with Crippen LogP contribution in [0.1, 0.15) is 52.2 Å². The average Bonchev–Trinajstić information content (AvgIpc) is 2.55. The SMILES string of the molecule is CCNC(=NCc1cccc(COC(C)(C)C)c1)NC(C)CCS(C)(=O)=O.I. The summed E-state index contributed by atoms with van der Waals surface area (Å²) >= 11 is 0. The van der Waals surface area contributed by atoms with Gasteiger partial charge in [-0.2, -0.15) is 0 Å². The van der Waals surface area contributed by atoms with Crippen molar-refractivity contribution in [3.8, 4) is 0 Å². The van der Waals surface area contributed by atoms with Crippen molar-refractivity contribution in [1.29, 1.82) is 0 Å². The molecular formula is C20H36IN3O3S. The van der Waals surface area contributed by atoms with Crippen molar-refractivity contribution in [2.24, 2.45) is 4.99 Å². The molecule has 0 radical (unpaired) electrons. The van der Waals surface area contributed by atoms with E-state index in [0.29, 0.717) is 25.5 Å². The first-order valence-electron chi connectivity index (χ1n) is 9.43. The summed E-state index contributed by atoms with van der Waals surface area (Å²) in [6.07, 6.45) is 1.80. The van der Waals surface area contributed by atoms with Gasteiger partial charge in [-0.3, -0.25) is 0 Å². The summed E-state index contributed by atoms with van der Waals surface area (Å²) in [5.74, 6) is 0.853. The highest BCUT2D eigenvalue weighted by molar-refractivity contribution is 14.0. The van der Waals surface area contributed by atoms with Crippen LogP contribution in [0.15, 0.2) is 29.3 Å². The predicted molar refractivity (Wildman–Crippen MR) is 128 cm³/mol. The lowest BCUT2D eigenvalue weighted by molar-refractivity contribution is -0.0149. The zero-order valence-electron chi connectivity index (χ0n) is 17.9. The minimum absolute atomic E-state index is 0. The van der Waals surface area contributed by atoms with E-state index in [2.05, 4.69) is 27.8 Å². The van der Waals surface area contributed by atoms with Crippen LogP contribution in [-0.4, -0.2) is 44.6 Å². The van der Waals surface area contributed by atoms with Crippen LogP contribution >= 0.6 is 24.0 Å². The summed E-state index contributed by atoms with van der Waals surface area (Å²) in [6, 6.07) is 8.23. The molecule has 1 unspecified atom stereocenters. The van der Waals surface area contributed by atoms with Gasteiger partial charge < -0.3 is 15.4 Å². The van der Waals surface area contributed by atoms with Crippen LogP contribution in [-0.2, 0) is 27.7 Å². The van der Waals surface area contributed by atoms with Crippen LogP contribution < -0.4 is 10.6 Å². The highest BCUT2D eigenvalue weighted by Crippen LogP contribution is 2.13. The molecule has 2 N–H and O–H groups in total. The molecule has 0 amide bonds. The largest absolute Gasteiger partial charge is 0.371 e. The zero-order chi connectivity index (χ0) is 20.5. The maximum absolute atomic E-state index is 11.3. The zero-order valence-corrected chi connectivity index (χ0v) is 21.1. The molecule has 0 aliphatic heterocycles. The maximum atomic E-state index is 11.3. The highest BCUT2D eigenvalue weighted by atomic mass is 127. The van der Waals surface area contributed by atoms with Gasteiger partial charge in [-0.1, -0.05) is 24.3 Å². The molecule has 162 valence electrons. The fourth-order valence-electron chi connectivity index (χ4n) is 2.30. The van der Waals surface area contributed by atoms with E-state index in [1.54, 1.807) is 0 Å². The summed E-state index contributed by atoms with van der Waals surface area (Å²) < 4.78 is 28.5. The lowest BCUT2D eigenvalue weighted by Crippen LogP contribution is -2.42. The Balaban J connectivity index is 0.00000729. The first kappa shape index (κ1) is 27.1. The van der Waals surface area contributed by atoms with E-state index in [1.807, 2.05) is 46.8 Å². The van der Waals surface area contributed by atoms with E-state index in [9.17, 15) is 8.42 Å². The van der Waals surface area contributed by atoms with E-state index in [-0.39, 0.29) is 41.4 Å². The predicted octanol–water partition coefficient (Wildman–Crippen LogP) is 3.50. The topological polar surface area (TPSA) is 79.8 Å². The second-order valence-electron chi connectivity index (χ2n) is 7.88. The number of rotatable bonds is 9. The molecule has 0 spiro atoms. The standard InChI is InChI=1S/C20H35N3O3S.HI/c1-7-21-19(23-16(2)11-12-27(6,24)25)22-14-17-9-8-10-18(13-17)15-26-20(3,4)5;/h8-10,13,16H,7,11-12,14-15H2,1-6H3,(H2,21,22,23);1H. The lowest BCUT2D eigenvalue weighted by atomic mass is 10.1. The Bertz CT molecular complexity index is 716. The van der Waals surface area contributed by atoms with Crippen LogP contribution in [0.4, 0.5) is 0 Å². The van der Waals surface area contributed by atoms with Crippen molar-refractivity contribution in [3.05, 3.63) is 35.4 Å². The van der Waals surface area contributed by atoms with Crippen molar-refractivity contribution in [2.75, 3.05) is 18.6 Å². The normalized spacial score (nSPS) is 13.6. The number of guanidine groups is 1. The van der Waals surface area contributed by atoms with Gasteiger partial charge in [-0.25, -0.2) is 13.4 Å². The summed E-state index contributed by atoms with van der Waals surface area (Å²) in [5.41, 5.74) is 2.06. The van der Waals surface area contributed by atoms with Crippen LogP contribution in [0.5, 0.6) is 0 Å². The van der Waals surface area contributed by atoms with E-state index < -0.39 is 9.84 Å². The molecule has 0 aromatic heterocycles. The number of benzene rings is 1. The van der Waals surface area contributed by atoms with Crippen LogP contribution in [0.25, 0.3) is 0 Å². The fraction of sp³-hybridized carbons (Fsp3) is 0.650. The van der Waals surface area contributed by atoms with Gasteiger partial charge in [0.1, 0.15) is 9.84 Å². The van der Waals surface area contributed by atoms with Gasteiger partial charge in [0.2, 0.25) is 0 Å². The van der Waals surface area contributed by atoms with Gasteiger partial charge in [-0.15, -0.1) is 24.0 Å². The Morgan fingerprint density at radius 3 is 2.46 bits per heavy atom. The highest BCUT2D eigenvalue weighted by Gasteiger charge is 2.11.